The second-order valence-corrected chi connectivity index (χ2v) is 9.49. The zero-order valence-corrected chi connectivity index (χ0v) is 19.0. The number of benzene rings is 3. The summed E-state index contributed by atoms with van der Waals surface area (Å²) in [6.45, 7) is 1.36. The van der Waals surface area contributed by atoms with Gasteiger partial charge in [-0.1, -0.05) is 36.4 Å². The normalized spacial score (nSPS) is 11.1. The smallest absolute Gasteiger partial charge is 0.253 e. The molecule has 0 aliphatic rings. The van der Waals surface area contributed by atoms with E-state index >= 15 is 0 Å². The van der Waals surface area contributed by atoms with Crippen LogP contribution in [0.4, 0.5) is 0 Å². The van der Waals surface area contributed by atoms with E-state index in [4.69, 9.17) is 9.47 Å². The van der Waals surface area contributed by atoms with E-state index in [2.05, 4.69) is 0 Å². The van der Waals surface area contributed by atoms with Crippen molar-refractivity contribution in [3.05, 3.63) is 90.0 Å². The number of ether oxygens (including phenoxy) is 2. The quantitative estimate of drug-likeness (QED) is 0.430. The van der Waals surface area contributed by atoms with Crippen LogP contribution in [0.2, 0.25) is 0 Å². The first-order chi connectivity index (χ1) is 15.3. The molecule has 0 aromatic heterocycles. The molecule has 0 atom stereocenters. The summed E-state index contributed by atoms with van der Waals surface area (Å²) in [5.74, 6) is 1.12. The second-order valence-electron chi connectivity index (χ2n) is 7.47. The Bertz CT molecular complexity index is 1130. The van der Waals surface area contributed by atoms with Crippen molar-refractivity contribution in [2.45, 2.75) is 17.9 Å². The van der Waals surface area contributed by atoms with Gasteiger partial charge in [0.15, 0.2) is 9.84 Å². The van der Waals surface area contributed by atoms with E-state index in [1.54, 1.807) is 48.3 Å². The molecule has 6 nitrogen and oxygen atoms in total. The van der Waals surface area contributed by atoms with Crippen molar-refractivity contribution in [2.75, 3.05) is 26.5 Å². The predicted molar refractivity (Wildman–Crippen MR) is 124 cm³/mol. The van der Waals surface area contributed by atoms with Crippen molar-refractivity contribution in [1.29, 1.82) is 0 Å². The highest BCUT2D eigenvalue weighted by Crippen LogP contribution is 2.18. The van der Waals surface area contributed by atoms with Crippen molar-refractivity contribution in [2.24, 2.45) is 0 Å². The lowest BCUT2D eigenvalue weighted by molar-refractivity contribution is 0.0787. The molecule has 1 amide bonds. The molecule has 3 aromatic carbocycles. The average molecular weight is 454 g/mol. The van der Waals surface area contributed by atoms with E-state index < -0.39 is 9.84 Å². The van der Waals surface area contributed by atoms with Crippen LogP contribution < -0.4 is 9.47 Å². The van der Waals surface area contributed by atoms with Crippen LogP contribution in [0.15, 0.2) is 83.8 Å². The molecule has 0 bridgehead atoms. The molecule has 0 saturated carbocycles. The summed E-state index contributed by atoms with van der Waals surface area (Å²) < 4.78 is 34.7. The van der Waals surface area contributed by atoms with Gasteiger partial charge in [-0.2, -0.15) is 0 Å². The molecule has 0 aliphatic carbocycles. The Morgan fingerprint density at radius 1 is 0.875 bits per heavy atom. The molecule has 3 rings (SSSR count). The van der Waals surface area contributed by atoms with Crippen LogP contribution in [-0.4, -0.2) is 45.7 Å². The number of hydrogen-bond acceptors (Lipinski definition) is 5. The first-order valence-electron chi connectivity index (χ1n) is 10.3. The third-order valence-corrected chi connectivity index (χ3v) is 5.95. The fourth-order valence-corrected chi connectivity index (χ4v) is 3.70. The molecule has 168 valence electrons. The molecule has 0 spiro atoms. The number of carbonyl (C=O) groups excluding carboxylic acids is 1. The van der Waals surface area contributed by atoms with Crippen LogP contribution in [0.25, 0.3) is 0 Å². The van der Waals surface area contributed by atoms with E-state index in [0.717, 1.165) is 11.8 Å². The third kappa shape index (κ3) is 6.85. The zero-order valence-electron chi connectivity index (χ0n) is 18.2. The molecule has 0 unspecified atom stereocenters. The molecule has 32 heavy (non-hydrogen) atoms. The van der Waals surface area contributed by atoms with Gasteiger partial charge < -0.3 is 14.4 Å². The van der Waals surface area contributed by atoms with Crippen LogP contribution >= 0.6 is 0 Å². The Kier molecular flexibility index (Phi) is 7.89. The lowest BCUT2D eigenvalue weighted by Crippen LogP contribution is -2.28. The van der Waals surface area contributed by atoms with Crippen molar-refractivity contribution in [3.8, 4) is 11.5 Å². The maximum atomic E-state index is 12.6. The van der Waals surface area contributed by atoms with Crippen LogP contribution in [-0.2, 0) is 16.4 Å². The zero-order chi connectivity index (χ0) is 23.0. The summed E-state index contributed by atoms with van der Waals surface area (Å²) in [7, 11) is -1.53. The topological polar surface area (TPSA) is 72.9 Å². The van der Waals surface area contributed by atoms with Gasteiger partial charge in [0.2, 0.25) is 0 Å². The predicted octanol–water partition coefficient (Wildman–Crippen LogP) is 4.21. The third-order valence-electron chi connectivity index (χ3n) is 4.84. The number of hydrogen-bond donors (Lipinski definition) is 0. The van der Waals surface area contributed by atoms with Gasteiger partial charge in [0.1, 0.15) is 18.1 Å². The van der Waals surface area contributed by atoms with E-state index in [0.29, 0.717) is 43.2 Å². The maximum Gasteiger partial charge on any atom is 0.253 e. The van der Waals surface area contributed by atoms with Crippen LogP contribution in [0, 0.1) is 0 Å². The van der Waals surface area contributed by atoms with Crippen molar-refractivity contribution in [3.63, 3.8) is 0 Å². The van der Waals surface area contributed by atoms with Gasteiger partial charge in [-0.15, -0.1) is 0 Å². The van der Waals surface area contributed by atoms with Gasteiger partial charge in [-0.25, -0.2) is 8.42 Å². The lowest BCUT2D eigenvalue weighted by atomic mass is 10.2. The van der Waals surface area contributed by atoms with Crippen LogP contribution in [0.5, 0.6) is 11.5 Å². The summed E-state index contributed by atoms with van der Waals surface area (Å²) in [6, 6.07) is 23.4. The average Bonchev–Trinajstić information content (AvgIpc) is 2.80. The summed E-state index contributed by atoms with van der Waals surface area (Å²) in [5.41, 5.74) is 1.67. The summed E-state index contributed by atoms with van der Waals surface area (Å²) in [6.07, 6.45) is 1.78. The summed E-state index contributed by atoms with van der Waals surface area (Å²) in [4.78, 5) is 14.5. The molecule has 0 heterocycles. The van der Waals surface area contributed by atoms with E-state index in [1.807, 2.05) is 30.3 Å². The Morgan fingerprint density at radius 3 is 2.28 bits per heavy atom. The minimum Gasteiger partial charge on any atom is -0.493 e. The second kappa shape index (κ2) is 10.8. The largest absolute Gasteiger partial charge is 0.493 e. The number of rotatable bonds is 10. The van der Waals surface area contributed by atoms with E-state index in [9.17, 15) is 13.2 Å². The molecular weight excluding hydrogens is 426 g/mol. The number of sulfone groups is 1. The SMILES string of the molecule is CN(CCCOc1cccc(S(C)(=O)=O)c1)C(=O)c1ccc(OCc2ccccc2)cc1. The van der Waals surface area contributed by atoms with Crippen LogP contribution in [0.1, 0.15) is 22.3 Å². The summed E-state index contributed by atoms with van der Waals surface area (Å²) in [5, 5.41) is 0. The number of nitrogens with zero attached hydrogens (tertiary/aromatic N) is 1. The van der Waals surface area contributed by atoms with Crippen molar-refractivity contribution < 1.29 is 22.7 Å². The van der Waals surface area contributed by atoms with Crippen molar-refractivity contribution >= 4 is 15.7 Å². The molecular formula is C25H27NO5S. The van der Waals surface area contributed by atoms with E-state index in [-0.39, 0.29) is 10.8 Å². The van der Waals surface area contributed by atoms with Gasteiger partial charge in [0, 0.05) is 25.4 Å². The lowest BCUT2D eigenvalue weighted by Gasteiger charge is -2.17. The van der Waals surface area contributed by atoms with Gasteiger partial charge >= 0.3 is 0 Å². The Labute approximate surface area is 189 Å². The van der Waals surface area contributed by atoms with Gasteiger partial charge in [0.05, 0.1) is 11.5 Å². The van der Waals surface area contributed by atoms with Gasteiger partial charge in [-0.3, -0.25) is 4.79 Å². The minimum absolute atomic E-state index is 0.0846. The Balaban J connectivity index is 1.44. The fourth-order valence-electron chi connectivity index (χ4n) is 3.04. The molecule has 0 fully saturated rings. The van der Waals surface area contributed by atoms with Gasteiger partial charge in [0.25, 0.3) is 5.91 Å². The molecule has 7 heteroatoms. The molecule has 0 saturated heterocycles. The monoisotopic (exact) mass is 453 g/mol. The minimum atomic E-state index is -3.27. The maximum absolute atomic E-state index is 12.6. The Morgan fingerprint density at radius 2 is 1.59 bits per heavy atom. The number of carbonyl (C=O) groups is 1. The molecule has 0 N–H and O–H groups in total. The Hall–Kier alpha value is -3.32. The number of amides is 1. The first-order valence-corrected chi connectivity index (χ1v) is 12.2. The van der Waals surface area contributed by atoms with Crippen molar-refractivity contribution in [1.82, 2.24) is 4.90 Å². The first kappa shape index (κ1) is 23.3. The highest BCUT2D eigenvalue weighted by atomic mass is 32.2. The molecule has 0 aliphatic heterocycles. The molecule has 3 aromatic rings. The highest BCUT2D eigenvalue weighted by Gasteiger charge is 2.12. The van der Waals surface area contributed by atoms with Gasteiger partial charge in [-0.05, 0) is 54.4 Å². The highest BCUT2D eigenvalue weighted by molar-refractivity contribution is 7.90. The molecule has 0 radical (unpaired) electrons. The van der Waals surface area contributed by atoms with E-state index in [1.165, 1.54) is 12.1 Å². The van der Waals surface area contributed by atoms with Crippen LogP contribution in [0.3, 0.4) is 0 Å². The summed E-state index contributed by atoms with van der Waals surface area (Å²) >= 11 is 0. The standard InChI is InChI=1S/C25H27NO5S/c1-26(16-7-17-30-23-10-6-11-24(18-23)32(2,28)29)25(27)21-12-14-22(15-13-21)31-19-20-8-4-3-5-9-20/h3-6,8-15,18H,7,16-17,19H2,1-2H3. The fraction of sp³-hybridized carbons (Fsp3) is 0.240.